The Kier molecular flexibility index (Phi) is 5.83. The Morgan fingerprint density at radius 3 is 2.61 bits per heavy atom. The molecule has 3 N–H and O–H groups in total. The molecule has 4 rings (SSSR count). The van der Waals surface area contributed by atoms with E-state index < -0.39 is 12.1 Å². The highest BCUT2D eigenvalue weighted by Crippen LogP contribution is 2.41. The van der Waals surface area contributed by atoms with Crippen LogP contribution in [0.4, 0.5) is 19.0 Å². The third-order valence-electron chi connectivity index (χ3n) is 5.71. The minimum atomic E-state index is -4.85. The van der Waals surface area contributed by atoms with Crippen molar-refractivity contribution in [3.8, 4) is 17.0 Å². The fourth-order valence-corrected chi connectivity index (χ4v) is 3.81. The van der Waals surface area contributed by atoms with Crippen molar-refractivity contribution in [3.63, 3.8) is 0 Å². The fraction of sp³-hybridized carbons (Fsp3) is 0.524. The second-order valence-corrected chi connectivity index (χ2v) is 8.14. The van der Waals surface area contributed by atoms with Crippen LogP contribution in [0.1, 0.15) is 43.8 Å². The number of nitrogens with two attached hydrogens (primary N) is 1. The molecule has 1 aliphatic heterocycles. The number of ether oxygens (including phenoxy) is 1. The van der Waals surface area contributed by atoms with E-state index in [2.05, 4.69) is 30.8 Å². The van der Waals surface area contributed by atoms with Crippen LogP contribution in [0.5, 0.6) is 5.75 Å². The zero-order chi connectivity index (χ0) is 22.2. The number of pyridine rings is 1. The first-order valence-corrected chi connectivity index (χ1v) is 10.4. The van der Waals surface area contributed by atoms with E-state index >= 15 is 0 Å². The van der Waals surface area contributed by atoms with Gasteiger partial charge in [0.05, 0.1) is 11.8 Å². The van der Waals surface area contributed by atoms with Gasteiger partial charge < -0.3 is 25.0 Å². The van der Waals surface area contributed by atoms with Crippen LogP contribution in [-0.2, 0) is 6.54 Å². The SMILES string of the molecule is C=C(CCn1cc(-c2cnc(N)c(OC(F)(F)F)c2)nc1C1CC1)N1CCC(O)CC1. The van der Waals surface area contributed by atoms with Crippen molar-refractivity contribution in [1.82, 2.24) is 19.4 Å². The summed E-state index contributed by atoms with van der Waals surface area (Å²) in [5.41, 5.74) is 7.50. The average molecular weight is 437 g/mol. The normalized spacial score (nSPS) is 17.7. The minimum absolute atomic E-state index is 0.235. The highest BCUT2D eigenvalue weighted by atomic mass is 19.4. The van der Waals surface area contributed by atoms with Gasteiger partial charge in [-0.15, -0.1) is 13.2 Å². The lowest BCUT2D eigenvalue weighted by atomic mass is 10.1. The van der Waals surface area contributed by atoms with Crippen molar-refractivity contribution >= 4 is 5.82 Å². The molecule has 2 aliphatic rings. The number of halogens is 3. The number of hydrogen-bond donors (Lipinski definition) is 2. The van der Waals surface area contributed by atoms with Gasteiger partial charge in [-0.05, 0) is 31.7 Å². The fourth-order valence-electron chi connectivity index (χ4n) is 3.81. The third-order valence-corrected chi connectivity index (χ3v) is 5.71. The number of nitrogen functional groups attached to an aromatic ring is 1. The number of rotatable bonds is 7. The second-order valence-electron chi connectivity index (χ2n) is 8.14. The predicted molar refractivity (Wildman–Crippen MR) is 109 cm³/mol. The van der Waals surface area contributed by atoms with Crippen LogP contribution in [-0.4, -0.2) is 50.1 Å². The van der Waals surface area contributed by atoms with Crippen molar-refractivity contribution in [2.75, 3.05) is 18.8 Å². The molecule has 2 aromatic rings. The number of allylic oxidation sites excluding steroid dienone is 1. The zero-order valence-electron chi connectivity index (χ0n) is 17.1. The van der Waals surface area contributed by atoms with Crippen LogP contribution in [0, 0.1) is 0 Å². The lowest BCUT2D eigenvalue weighted by Crippen LogP contribution is -2.35. The number of anilines is 1. The summed E-state index contributed by atoms with van der Waals surface area (Å²) in [5.74, 6) is 0.422. The first-order chi connectivity index (χ1) is 14.7. The molecule has 7 nitrogen and oxygen atoms in total. The van der Waals surface area contributed by atoms with Crippen molar-refractivity contribution < 1.29 is 23.0 Å². The number of nitrogens with zero attached hydrogens (tertiary/aromatic N) is 4. The summed E-state index contributed by atoms with van der Waals surface area (Å²) in [6.45, 7) is 6.45. The molecular weight excluding hydrogens is 411 g/mol. The van der Waals surface area contributed by atoms with Gasteiger partial charge in [0.1, 0.15) is 5.82 Å². The molecule has 0 radical (unpaired) electrons. The molecule has 10 heteroatoms. The highest BCUT2D eigenvalue weighted by molar-refractivity contribution is 5.64. The van der Waals surface area contributed by atoms with E-state index in [4.69, 9.17) is 5.73 Å². The van der Waals surface area contributed by atoms with Gasteiger partial charge in [0.2, 0.25) is 0 Å². The molecule has 0 amide bonds. The number of aromatic nitrogens is 3. The van der Waals surface area contributed by atoms with Crippen LogP contribution in [0.3, 0.4) is 0 Å². The number of aliphatic hydroxyl groups excluding tert-OH is 1. The second kappa shape index (κ2) is 8.41. The Morgan fingerprint density at radius 2 is 1.97 bits per heavy atom. The summed E-state index contributed by atoms with van der Waals surface area (Å²) in [7, 11) is 0. The molecule has 1 saturated heterocycles. The minimum Gasteiger partial charge on any atom is -0.402 e. The number of hydrogen-bond acceptors (Lipinski definition) is 6. The molecule has 0 aromatic carbocycles. The number of imidazole rings is 1. The molecule has 3 heterocycles. The number of aliphatic hydroxyl groups is 1. The Morgan fingerprint density at radius 1 is 1.26 bits per heavy atom. The monoisotopic (exact) mass is 437 g/mol. The number of alkyl halides is 3. The Hall–Kier alpha value is -2.75. The topological polar surface area (TPSA) is 89.4 Å². The van der Waals surface area contributed by atoms with Crippen LogP contribution in [0.2, 0.25) is 0 Å². The maximum Gasteiger partial charge on any atom is 0.573 e. The Bertz CT molecular complexity index is 947. The van der Waals surface area contributed by atoms with Gasteiger partial charge in [0, 0.05) is 55.6 Å². The van der Waals surface area contributed by atoms with Crippen LogP contribution >= 0.6 is 0 Å². The van der Waals surface area contributed by atoms with Crippen molar-refractivity contribution in [2.45, 2.75) is 57.0 Å². The first-order valence-electron chi connectivity index (χ1n) is 10.4. The van der Waals surface area contributed by atoms with E-state index in [1.165, 1.54) is 12.3 Å². The van der Waals surface area contributed by atoms with Crippen molar-refractivity contribution in [2.24, 2.45) is 0 Å². The lowest BCUT2D eigenvalue weighted by Gasteiger charge is -2.33. The van der Waals surface area contributed by atoms with Crippen LogP contribution in [0.25, 0.3) is 11.3 Å². The highest BCUT2D eigenvalue weighted by Gasteiger charge is 2.33. The molecular formula is C21H26F3N5O2. The Labute approximate surface area is 178 Å². The molecule has 0 atom stereocenters. The van der Waals surface area contributed by atoms with E-state index in [0.29, 0.717) is 23.7 Å². The summed E-state index contributed by atoms with van der Waals surface area (Å²) in [5, 5.41) is 9.68. The van der Waals surface area contributed by atoms with Crippen molar-refractivity contribution in [1.29, 1.82) is 0 Å². The maximum atomic E-state index is 12.6. The van der Waals surface area contributed by atoms with E-state index in [0.717, 1.165) is 56.7 Å². The van der Waals surface area contributed by atoms with Crippen molar-refractivity contribution in [3.05, 3.63) is 36.6 Å². The van der Waals surface area contributed by atoms with Gasteiger partial charge in [0.15, 0.2) is 11.6 Å². The number of aryl methyl sites for hydroxylation is 1. The molecule has 0 spiro atoms. The van der Waals surface area contributed by atoms with Gasteiger partial charge in [0.25, 0.3) is 0 Å². The molecule has 2 fully saturated rings. The third kappa shape index (κ3) is 5.30. The quantitative estimate of drug-likeness (QED) is 0.687. The van der Waals surface area contributed by atoms with Gasteiger partial charge in [-0.3, -0.25) is 0 Å². The summed E-state index contributed by atoms with van der Waals surface area (Å²) < 4.78 is 44.0. The predicted octanol–water partition coefficient (Wildman–Crippen LogP) is 3.66. The maximum absolute atomic E-state index is 12.6. The average Bonchev–Trinajstić information content (AvgIpc) is 3.47. The zero-order valence-corrected chi connectivity index (χ0v) is 17.1. The smallest absolute Gasteiger partial charge is 0.402 e. The summed E-state index contributed by atoms with van der Waals surface area (Å²) in [6, 6.07) is 1.22. The van der Waals surface area contributed by atoms with Crippen LogP contribution < -0.4 is 10.5 Å². The van der Waals surface area contributed by atoms with Crippen LogP contribution in [0.15, 0.2) is 30.7 Å². The van der Waals surface area contributed by atoms with Gasteiger partial charge in [-0.1, -0.05) is 6.58 Å². The molecule has 0 unspecified atom stereocenters. The number of piperidine rings is 1. The number of likely N-dealkylation sites (tertiary alicyclic amines) is 1. The van der Waals surface area contributed by atoms with E-state index in [-0.39, 0.29) is 11.9 Å². The van der Waals surface area contributed by atoms with Gasteiger partial charge in [-0.2, -0.15) is 0 Å². The molecule has 168 valence electrons. The van der Waals surface area contributed by atoms with E-state index in [1.807, 2.05) is 6.20 Å². The van der Waals surface area contributed by atoms with Gasteiger partial charge >= 0.3 is 6.36 Å². The standard InChI is InChI=1S/C21H26F3N5O2/c1-13(28-8-5-16(30)6-9-28)4-7-29-12-17(27-20(29)14-2-3-14)15-10-18(19(25)26-11-15)31-21(22,23)24/h10-12,14,16,30H,1-9H2,(H2,25,26). The molecule has 0 bridgehead atoms. The summed E-state index contributed by atoms with van der Waals surface area (Å²) in [4.78, 5) is 10.7. The molecule has 1 saturated carbocycles. The molecule has 1 aliphatic carbocycles. The van der Waals surface area contributed by atoms with E-state index in [1.54, 1.807) is 0 Å². The summed E-state index contributed by atoms with van der Waals surface area (Å²) >= 11 is 0. The van der Waals surface area contributed by atoms with E-state index in [9.17, 15) is 18.3 Å². The van der Waals surface area contributed by atoms with Gasteiger partial charge in [-0.25, -0.2) is 9.97 Å². The largest absolute Gasteiger partial charge is 0.573 e. The summed E-state index contributed by atoms with van der Waals surface area (Å²) in [6.07, 6.45) is 2.47. The molecule has 2 aromatic heterocycles. The lowest BCUT2D eigenvalue weighted by molar-refractivity contribution is -0.274. The Balaban J connectivity index is 1.50. The molecule has 31 heavy (non-hydrogen) atoms. The first kappa shape index (κ1) is 21.5.